The number of ether oxygens (including phenoxy) is 4. The van der Waals surface area contributed by atoms with Gasteiger partial charge in [0.05, 0.1) is 19.1 Å². The van der Waals surface area contributed by atoms with E-state index >= 15 is 0 Å². The third-order valence-electron chi connectivity index (χ3n) is 6.82. The smallest absolute Gasteiger partial charge is 0.266 e. The molecule has 5 rings (SSSR count). The van der Waals surface area contributed by atoms with Gasteiger partial charge < -0.3 is 23.4 Å². The maximum Gasteiger partial charge on any atom is 0.266 e. The van der Waals surface area contributed by atoms with Crippen LogP contribution >= 0.6 is 24.0 Å². The van der Waals surface area contributed by atoms with Gasteiger partial charge in [0.2, 0.25) is 5.75 Å². The van der Waals surface area contributed by atoms with Gasteiger partial charge in [-0.3, -0.25) is 9.69 Å². The van der Waals surface area contributed by atoms with Crippen molar-refractivity contribution in [1.82, 2.24) is 4.90 Å². The average Bonchev–Trinajstić information content (AvgIpc) is 3.63. The third kappa shape index (κ3) is 4.21. The fourth-order valence-corrected chi connectivity index (χ4v) is 6.66. The van der Waals surface area contributed by atoms with E-state index < -0.39 is 0 Å². The Balaban J connectivity index is 1.39. The first-order chi connectivity index (χ1) is 16.5. The molecule has 3 aliphatic rings. The second-order valence-electron chi connectivity index (χ2n) is 8.76. The normalized spacial score (nSPS) is 25.0. The first-order valence-electron chi connectivity index (χ1n) is 11.3. The number of carbonyl (C=O) groups excluding carboxylic acids is 1. The van der Waals surface area contributed by atoms with Crippen LogP contribution in [0.5, 0.6) is 17.2 Å². The SMILES string of the molecule is COCOc1cc(-c2ccc(C=C3SC(=S)N(C4CC5CCC4C5)C3=O)o2)cc(OC)c1OC. The minimum atomic E-state index is -0.00753. The van der Waals surface area contributed by atoms with E-state index in [1.165, 1.54) is 31.0 Å². The van der Waals surface area contributed by atoms with Crippen molar-refractivity contribution in [3.63, 3.8) is 0 Å². The van der Waals surface area contributed by atoms with Crippen LogP contribution in [-0.4, -0.2) is 49.3 Å². The molecule has 1 aromatic heterocycles. The summed E-state index contributed by atoms with van der Waals surface area (Å²) in [6.07, 6.45) is 6.56. The number of fused-ring (bicyclic) bond motifs is 2. The summed E-state index contributed by atoms with van der Waals surface area (Å²) in [7, 11) is 4.66. The van der Waals surface area contributed by atoms with Crippen LogP contribution in [0.4, 0.5) is 0 Å². The van der Waals surface area contributed by atoms with Crippen LogP contribution < -0.4 is 14.2 Å². The van der Waals surface area contributed by atoms with Crippen molar-refractivity contribution < 1.29 is 28.2 Å². The number of nitrogens with zero attached hydrogens (tertiary/aromatic N) is 1. The molecular weight excluding hydrogens is 474 g/mol. The van der Waals surface area contributed by atoms with Crippen LogP contribution in [0.2, 0.25) is 0 Å². The molecule has 3 fully saturated rings. The molecule has 2 aliphatic carbocycles. The summed E-state index contributed by atoms with van der Waals surface area (Å²) in [5.41, 5.74) is 0.748. The molecule has 1 amide bonds. The topological polar surface area (TPSA) is 70.4 Å². The lowest BCUT2D eigenvalue weighted by Crippen LogP contribution is -2.41. The molecule has 9 heteroatoms. The zero-order valence-electron chi connectivity index (χ0n) is 19.4. The molecular formula is C25H27NO6S2. The van der Waals surface area contributed by atoms with Crippen LogP contribution in [0, 0.1) is 11.8 Å². The van der Waals surface area contributed by atoms with Crippen molar-refractivity contribution in [2.24, 2.45) is 11.8 Å². The van der Waals surface area contributed by atoms with Crippen molar-refractivity contribution in [1.29, 1.82) is 0 Å². The van der Waals surface area contributed by atoms with E-state index in [1.54, 1.807) is 33.5 Å². The molecule has 0 N–H and O–H groups in total. The largest absolute Gasteiger partial charge is 0.493 e. The van der Waals surface area contributed by atoms with Gasteiger partial charge in [0.1, 0.15) is 15.8 Å². The highest BCUT2D eigenvalue weighted by Gasteiger charge is 2.48. The molecule has 34 heavy (non-hydrogen) atoms. The van der Waals surface area contributed by atoms with Gasteiger partial charge in [-0.2, -0.15) is 0 Å². The Morgan fingerprint density at radius 3 is 2.65 bits per heavy atom. The lowest BCUT2D eigenvalue weighted by molar-refractivity contribution is -0.124. The molecule has 3 atom stereocenters. The van der Waals surface area contributed by atoms with Gasteiger partial charge in [0, 0.05) is 24.8 Å². The summed E-state index contributed by atoms with van der Waals surface area (Å²) in [6, 6.07) is 7.56. The van der Waals surface area contributed by atoms with Crippen LogP contribution in [0.25, 0.3) is 17.4 Å². The monoisotopic (exact) mass is 501 g/mol. The van der Waals surface area contributed by atoms with Gasteiger partial charge in [-0.05, 0) is 55.4 Å². The summed E-state index contributed by atoms with van der Waals surface area (Å²) >= 11 is 6.95. The number of benzene rings is 1. The molecule has 2 heterocycles. The molecule has 0 radical (unpaired) electrons. The van der Waals surface area contributed by atoms with Gasteiger partial charge in [0.15, 0.2) is 18.3 Å². The number of methoxy groups -OCH3 is 3. The highest BCUT2D eigenvalue weighted by atomic mass is 32.2. The highest BCUT2D eigenvalue weighted by molar-refractivity contribution is 8.26. The summed E-state index contributed by atoms with van der Waals surface area (Å²) in [5, 5.41) is 0. The Bertz CT molecular complexity index is 1140. The molecule has 2 saturated carbocycles. The predicted octanol–water partition coefficient (Wildman–Crippen LogP) is 5.34. The van der Waals surface area contributed by atoms with Gasteiger partial charge in [-0.15, -0.1) is 0 Å². The van der Waals surface area contributed by atoms with E-state index in [1.807, 2.05) is 23.1 Å². The number of rotatable bonds is 8. The second-order valence-corrected chi connectivity index (χ2v) is 10.4. The molecule has 2 bridgehead atoms. The summed E-state index contributed by atoms with van der Waals surface area (Å²) < 4.78 is 28.3. The van der Waals surface area contributed by atoms with Crippen molar-refractivity contribution in [3.8, 4) is 28.6 Å². The maximum absolute atomic E-state index is 13.2. The Morgan fingerprint density at radius 1 is 1.15 bits per heavy atom. The highest BCUT2D eigenvalue weighted by Crippen LogP contribution is 2.49. The quantitative estimate of drug-likeness (QED) is 0.273. The molecule has 1 aromatic carbocycles. The fourth-order valence-electron chi connectivity index (χ4n) is 5.31. The number of amides is 1. The molecule has 7 nitrogen and oxygen atoms in total. The van der Waals surface area contributed by atoms with Crippen molar-refractivity contribution in [2.45, 2.75) is 31.7 Å². The lowest BCUT2D eigenvalue weighted by Gasteiger charge is -2.30. The molecule has 1 saturated heterocycles. The Morgan fingerprint density at radius 2 is 1.97 bits per heavy atom. The molecule has 0 spiro atoms. The Labute approximate surface area is 208 Å². The van der Waals surface area contributed by atoms with Crippen molar-refractivity contribution >= 4 is 40.3 Å². The molecule has 3 unspecified atom stereocenters. The van der Waals surface area contributed by atoms with Gasteiger partial charge >= 0.3 is 0 Å². The number of carbonyl (C=O) groups is 1. The van der Waals surface area contributed by atoms with E-state index in [-0.39, 0.29) is 18.7 Å². The minimum absolute atomic E-state index is 0.00753. The molecule has 2 aromatic rings. The van der Waals surface area contributed by atoms with Crippen LogP contribution in [0.15, 0.2) is 33.6 Å². The van der Waals surface area contributed by atoms with Crippen molar-refractivity contribution in [2.75, 3.05) is 28.1 Å². The van der Waals surface area contributed by atoms with Crippen LogP contribution in [-0.2, 0) is 9.53 Å². The first-order valence-corrected chi connectivity index (χ1v) is 12.5. The summed E-state index contributed by atoms with van der Waals surface area (Å²) in [4.78, 5) is 15.7. The van der Waals surface area contributed by atoms with Crippen molar-refractivity contribution in [3.05, 3.63) is 34.9 Å². The summed E-state index contributed by atoms with van der Waals surface area (Å²) in [5.74, 6) is 3.97. The van der Waals surface area contributed by atoms with E-state index in [0.717, 1.165) is 17.9 Å². The number of furan rings is 1. The second kappa shape index (κ2) is 9.64. The zero-order valence-corrected chi connectivity index (χ0v) is 21.0. The van der Waals surface area contributed by atoms with Crippen LogP contribution in [0.3, 0.4) is 0 Å². The molecule has 180 valence electrons. The molecule has 1 aliphatic heterocycles. The van der Waals surface area contributed by atoms with Crippen LogP contribution in [0.1, 0.15) is 31.4 Å². The standard InChI is InChI=1S/C25H27NO6S2/c1-28-13-31-21-11-16(10-20(29-2)23(21)30-3)19-7-6-17(32-19)12-22-24(27)26(25(33)34-22)18-9-14-4-5-15(18)8-14/h6-7,10-12,14-15,18H,4-5,8-9,13H2,1-3H3. The van der Waals surface area contributed by atoms with Gasteiger partial charge in [0.25, 0.3) is 5.91 Å². The van der Waals surface area contributed by atoms with E-state index in [4.69, 9.17) is 35.6 Å². The first kappa shape index (κ1) is 23.3. The Kier molecular flexibility index (Phi) is 6.59. The zero-order chi connectivity index (χ0) is 23.8. The Hall–Kier alpha value is -2.49. The van der Waals surface area contributed by atoms with Gasteiger partial charge in [-0.25, -0.2) is 0 Å². The fraction of sp³-hybridized carbons (Fsp3) is 0.440. The third-order valence-corrected chi connectivity index (χ3v) is 8.15. The average molecular weight is 502 g/mol. The predicted molar refractivity (Wildman–Crippen MR) is 134 cm³/mol. The number of hydrogen-bond donors (Lipinski definition) is 0. The lowest BCUT2D eigenvalue weighted by atomic mass is 9.94. The van der Waals surface area contributed by atoms with E-state index in [0.29, 0.717) is 43.9 Å². The summed E-state index contributed by atoms with van der Waals surface area (Å²) in [6.45, 7) is 0.0663. The number of thiocarbonyl (C=S) groups is 1. The minimum Gasteiger partial charge on any atom is -0.493 e. The van der Waals surface area contributed by atoms with Gasteiger partial charge in [-0.1, -0.05) is 30.4 Å². The number of thioether (sulfide) groups is 1. The number of hydrogen-bond acceptors (Lipinski definition) is 8. The van der Waals surface area contributed by atoms with E-state index in [2.05, 4.69) is 0 Å². The maximum atomic E-state index is 13.2. The van der Waals surface area contributed by atoms with E-state index in [9.17, 15) is 4.79 Å².